The van der Waals surface area contributed by atoms with E-state index < -0.39 is 0 Å². The molecule has 1 saturated heterocycles. The van der Waals surface area contributed by atoms with Crippen LogP contribution in [-0.4, -0.2) is 30.5 Å². The van der Waals surface area contributed by atoms with Crippen molar-refractivity contribution in [3.63, 3.8) is 0 Å². The Hall–Kier alpha value is -2.66. The van der Waals surface area contributed by atoms with Gasteiger partial charge < -0.3 is 14.0 Å². The zero-order chi connectivity index (χ0) is 16.4. The second-order valence-corrected chi connectivity index (χ2v) is 5.80. The number of methoxy groups -OCH3 is 1. The van der Waals surface area contributed by atoms with Crippen LogP contribution >= 0.6 is 0 Å². The summed E-state index contributed by atoms with van der Waals surface area (Å²) in [5.74, 6) is 2.34. The van der Waals surface area contributed by atoms with E-state index in [2.05, 4.69) is 10.1 Å². The average molecular weight is 322 g/mol. The molecular weight excluding hydrogens is 304 g/mol. The lowest BCUT2D eigenvalue weighted by Gasteiger charge is -2.08. The molecule has 24 heavy (non-hydrogen) atoms. The van der Waals surface area contributed by atoms with Crippen molar-refractivity contribution in [2.75, 3.05) is 20.3 Å². The molecule has 0 radical (unpaired) electrons. The van der Waals surface area contributed by atoms with Gasteiger partial charge in [0.05, 0.1) is 13.7 Å². The highest BCUT2D eigenvalue weighted by atomic mass is 16.5. The van der Waals surface area contributed by atoms with Gasteiger partial charge >= 0.3 is 0 Å². The number of benzene rings is 2. The number of hydrogen-bond acceptors (Lipinski definition) is 5. The summed E-state index contributed by atoms with van der Waals surface area (Å²) in [5.41, 5.74) is 2.98. The average Bonchev–Trinajstić information content (AvgIpc) is 3.33. The van der Waals surface area contributed by atoms with Crippen molar-refractivity contribution in [3.05, 3.63) is 54.4 Å². The summed E-state index contributed by atoms with van der Waals surface area (Å²) in [6.07, 6.45) is 0.945. The molecule has 1 aliphatic heterocycles. The molecule has 4 rings (SSSR count). The van der Waals surface area contributed by atoms with Gasteiger partial charge in [0.2, 0.25) is 0 Å². The summed E-state index contributed by atoms with van der Waals surface area (Å²) >= 11 is 0. The van der Waals surface area contributed by atoms with Crippen LogP contribution in [0.15, 0.2) is 53.1 Å². The van der Waals surface area contributed by atoms with Crippen LogP contribution in [0.2, 0.25) is 0 Å². The third-order valence-electron chi connectivity index (χ3n) is 4.26. The molecule has 5 nitrogen and oxygen atoms in total. The van der Waals surface area contributed by atoms with E-state index in [0.717, 1.165) is 41.3 Å². The van der Waals surface area contributed by atoms with Gasteiger partial charge in [-0.3, -0.25) is 0 Å². The third kappa shape index (κ3) is 2.78. The molecule has 122 valence electrons. The highest BCUT2D eigenvalue weighted by molar-refractivity contribution is 5.74. The smallest absolute Gasteiger partial charge is 0.257 e. The molecule has 1 fully saturated rings. The lowest BCUT2D eigenvalue weighted by Crippen LogP contribution is -1.99. The third-order valence-corrected chi connectivity index (χ3v) is 4.26. The second-order valence-electron chi connectivity index (χ2n) is 5.80. The lowest BCUT2D eigenvalue weighted by atomic mass is 10.0. The fourth-order valence-corrected chi connectivity index (χ4v) is 2.96. The van der Waals surface area contributed by atoms with Crippen LogP contribution in [0.5, 0.6) is 5.75 Å². The van der Waals surface area contributed by atoms with Crippen LogP contribution < -0.4 is 4.74 Å². The number of rotatable bonds is 4. The number of nitrogens with zero attached hydrogens (tertiary/aromatic N) is 2. The Bertz CT molecular complexity index is 838. The van der Waals surface area contributed by atoms with Crippen molar-refractivity contribution in [1.82, 2.24) is 10.1 Å². The van der Waals surface area contributed by atoms with E-state index in [9.17, 15) is 0 Å². The van der Waals surface area contributed by atoms with E-state index >= 15 is 0 Å². The molecule has 1 atom stereocenters. The van der Waals surface area contributed by atoms with Gasteiger partial charge in [0.25, 0.3) is 5.89 Å². The molecule has 0 N–H and O–H groups in total. The topological polar surface area (TPSA) is 57.4 Å². The van der Waals surface area contributed by atoms with Crippen molar-refractivity contribution in [2.45, 2.75) is 12.3 Å². The predicted molar refractivity (Wildman–Crippen MR) is 89.9 cm³/mol. The van der Waals surface area contributed by atoms with Crippen LogP contribution in [0.4, 0.5) is 0 Å². The molecule has 2 aromatic carbocycles. The molecular formula is C19H18N2O3. The standard InChI is InChI=1S/C19H18N2O3/c1-22-17-8-3-2-7-16(17)13-5-4-6-14(11-13)19-20-18(21-24-19)15-9-10-23-12-15/h2-8,11,15H,9-10,12H2,1H3/t15-/m0/s1. The Morgan fingerprint density at radius 1 is 1.08 bits per heavy atom. The molecule has 2 heterocycles. The van der Waals surface area contributed by atoms with Gasteiger partial charge in [0.1, 0.15) is 5.75 Å². The summed E-state index contributed by atoms with van der Waals surface area (Å²) in [7, 11) is 1.68. The Kier molecular flexibility index (Phi) is 4.01. The second kappa shape index (κ2) is 6.45. The molecule has 1 aromatic heterocycles. The maximum absolute atomic E-state index is 5.46. The summed E-state index contributed by atoms with van der Waals surface area (Å²) < 4.78 is 16.3. The zero-order valence-corrected chi connectivity index (χ0v) is 13.4. The van der Waals surface area contributed by atoms with Crippen molar-refractivity contribution >= 4 is 0 Å². The summed E-state index contributed by atoms with van der Waals surface area (Å²) in [4.78, 5) is 4.55. The first-order valence-electron chi connectivity index (χ1n) is 8.00. The minimum Gasteiger partial charge on any atom is -0.496 e. The summed E-state index contributed by atoms with van der Waals surface area (Å²) in [6.45, 7) is 1.43. The van der Waals surface area contributed by atoms with Gasteiger partial charge in [0.15, 0.2) is 5.82 Å². The molecule has 5 heteroatoms. The minimum atomic E-state index is 0.236. The van der Waals surface area contributed by atoms with Crippen molar-refractivity contribution in [2.24, 2.45) is 0 Å². The van der Waals surface area contributed by atoms with Gasteiger partial charge in [-0.25, -0.2) is 0 Å². The van der Waals surface area contributed by atoms with Crippen molar-refractivity contribution in [1.29, 1.82) is 0 Å². The van der Waals surface area contributed by atoms with Gasteiger partial charge in [-0.05, 0) is 30.2 Å². The largest absolute Gasteiger partial charge is 0.496 e. The Morgan fingerprint density at radius 3 is 2.79 bits per heavy atom. The monoisotopic (exact) mass is 322 g/mol. The first kappa shape index (κ1) is 14.9. The van der Waals surface area contributed by atoms with E-state index in [4.69, 9.17) is 14.0 Å². The highest BCUT2D eigenvalue weighted by Crippen LogP contribution is 2.32. The molecule has 0 saturated carbocycles. The van der Waals surface area contributed by atoms with E-state index in [1.165, 1.54) is 0 Å². The van der Waals surface area contributed by atoms with E-state index in [0.29, 0.717) is 12.5 Å². The molecule has 0 unspecified atom stereocenters. The van der Waals surface area contributed by atoms with Gasteiger partial charge in [-0.2, -0.15) is 4.98 Å². The van der Waals surface area contributed by atoms with Crippen LogP contribution in [0.1, 0.15) is 18.2 Å². The molecule has 0 aliphatic carbocycles. The van der Waals surface area contributed by atoms with Crippen molar-refractivity contribution < 1.29 is 14.0 Å². The number of para-hydroxylation sites is 1. The molecule has 0 amide bonds. The Labute approximate surface area is 140 Å². The van der Waals surface area contributed by atoms with Crippen LogP contribution in [-0.2, 0) is 4.74 Å². The number of ether oxygens (including phenoxy) is 2. The molecule has 3 aromatic rings. The zero-order valence-electron chi connectivity index (χ0n) is 13.4. The maximum Gasteiger partial charge on any atom is 0.257 e. The maximum atomic E-state index is 5.46. The SMILES string of the molecule is COc1ccccc1-c1cccc(-c2nc([C@H]3CCOC3)no2)c1. The summed E-state index contributed by atoms with van der Waals surface area (Å²) in [5, 5.41) is 4.12. The van der Waals surface area contributed by atoms with E-state index in [1.807, 2.05) is 48.5 Å². The Balaban J connectivity index is 1.68. The van der Waals surface area contributed by atoms with Gasteiger partial charge in [0, 0.05) is 23.7 Å². The number of hydrogen-bond donors (Lipinski definition) is 0. The first-order valence-corrected chi connectivity index (χ1v) is 8.00. The quantitative estimate of drug-likeness (QED) is 0.729. The first-order chi connectivity index (χ1) is 11.8. The van der Waals surface area contributed by atoms with Gasteiger partial charge in [-0.15, -0.1) is 0 Å². The van der Waals surface area contributed by atoms with E-state index in [1.54, 1.807) is 7.11 Å². The van der Waals surface area contributed by atoms with Gasteiger partial charge in [-0.1, -0.05) is 35.5 Å². The molecule has 1 aliphatic rings. The molecule has 0 bridgehead atoms. The predicted octanol–water partition coefficient (Wildman–Crippen LogP) is 3.92. The highest BCUT2D eigenvalue weighted by Gasteiger charge is 2.23. The Morgan fingerprint density at radius 2 is 1.96 bits per heavy atom. The van der Waals surface area contributed by atoms with Crippen molar-refractivity contribution in [3.8, 4) is 28.3 Å². The minimum absolute atomic E-state index is 0.236. The van der Waals surface area contributed by atoms with Crippen LogP contribution in [0.3, 0.4) is 0 Å². The van der Waals surface area contributed by atoms with E-state index in [-0.39, 0.29) is 5.92 Å². The van der Waals surface area contributed by atoms with Crippen LogP contribution in [0, 0.1) is 0 Å². The lowest BCUT2D eigenvalue weighted by molar-refractivity contribution is 0.192. The number of aromatic nitrogens is 2. The summed E-state index contributed by atoms with van der Waals surface area (Å²) in [6, 6.07) is 16.0. The molecule has 0 spiro atoms. The normalized spacial score (nSPS) is 17.1. The fourth-order valence-electron chi connectivity index (χ4n) is 2.96. The fraction of sp³-hybridized carbons (Fsp3) is 0.263. The van der Waals surface area contributed by atoms with Crippen LogP contribution in [0.25, 0.3) is 22.6 Å².